The Hall–Kier alpha value is -1.55. The fourth-order valence-electron chi connectivity index (χ4n) is 1.40. The van der Waals surface area contributed by atoms with Crippen molar-refractivity contribution in [2.45, 2.75) is 6.18 Å². The minimum absolute atomic E-state index is 0.141. The van der Waals surface area contributed by atoms with E-state index in [1.54, 1.807) is 30.3 Å². The first-order chi connectivity index (χ1) is 7.98. The fourth-order valence-corrected chi connectivity index (χ4v) is 1.61. The summed E-state index contributed by atoms with van der Waals surface area (Å²) in [6.07, 6.45) is -4.46. The summed E-state index contributed by atoms with van der Waals surface area (Å²) in [5.74, 6) is 0. The van der Waals surface area contributed by atoms with E-state index in [0.717, 1.165) is 6.07 Å². The zero-order valence-electron chi connectivity index (χ0n) is 8.50. The number of halogens is 4. The van der Waals surface area contributed by atoms with Crippen LogP contribution >= 0.6 is 11.6 Å². The second kappa shape index (κ2) is 4.37. The van der Waals surface area contributed by atoms with Crippen LogP contribution in [0.2, 0.25) is 5.02 Å². The first-order valence-corrected chi connectivity index (χ1v) is 5.15. The molecule has 0 unspecified atom stereocenters. The topological polar surface area (TPSA) is 12.9 Å². The molecule has 0 amide bonds. The van der Waals surface area contributed by atoms with Gasteiger partial charge in [-0.1, -0.05) is 41.9 Å². The number of hydrogen-bond acceptors (Lipinski definition) is 1. The summed E-state index contributed by atoms with van der Waals surface area (Å²) in [5, 5.41) is 0.198. The molecular weight excluding hydrogens is 251 g/mol. The van der Waals surface area contributed by atoms with Crippen LogP contribution in [0, 0.1) is 0 Å². The average molecular weight is 258 g/mol. The van der Waals surface area contributed by atoms with E-state index in [4.69, 9.17) is 11.6 Å². The molecule has 1 nitrogen and oxygen atoms in total. The Morgan fingerprint density at radius 1 is 0.941 bits per heavy atom. The van der Waals surface area contributed by atoms with E-state index in [9.17, 15) is 13.2 Å². The van der Waals surface area contributed by atoms with Crippen LogP contribution in [0.25, 0.3) is 11.3 Å². The van der Waals surface area contributed by atoms with Crippen molar-refractivity contribution in [2.75, 3.05) is 0 Å². The highest BCUT2D eigenvalue weighted by Gasteiger charge is 2.33. The van der Waals surface area contributed by atoms with Crippen LogP contribution < -0.4 is 0 Å². The van der Waals surface area contributed by atoms with Crippen molar-refractivity contribution in [3.63, 3.8) is 0 Å². The second-order valence-electron chi connectivity index (χ2n) is 3.39. The van der Waals surface area contributed by atoms with Gasteiger partial charge in [0.2, 0.25) is 0 Å². The van der Waals surface area contributed by atoms with Crippen LogP contribution in [0.5, 0.6) is 0 Å². The van der Waals surface area contributed by atoms with E-state index in [1.807, 2.05) is 0 Å². The average Bonchev–Trinajstić information content (AvgIpc) is 2.29. The maximum atomic E-state index is 12.5. The van der Waals surface area contributed by atoms with E-state index >= 15 is 0 Å². The number of benzene rings is 1. The first kappa shape index (κ1) is 11.9. The lowest BCUT2D eigenvalue weighted by Gasteiger charge is -2.09. The molecule has 0 aliphatic rings. The molecule has 1 heterocycles. The van der Waals surface area contributed by atoms with Crippen LogP contribution in [-0.2, 0) is 6.18 Å². The maximum absolute atomic E-state index is 12.5. The van der Waals surface area contributed by atoms with Crippen LogP contribution in [0.3, 0.4) is 0 Å². The predicted octanol–water partition coefficient (Wildman–Crippen LogP) is 4.42. The standard InChI is InChI=1S/C12H7ClF3N/c13-9-6-7-10(12(14,15)16)17-11(9)8-4-2-1-3-5-8/h1-7H. The Balaban J connectivity index is 2.55. The smallest absolute Gasteiger partial charge is 0.242 e. The van der Waals surface area contributed by atoms with Gasteiger partial charge in [-0.2, -0.15) is 13.2 Å². The van der Waals surface area contributed by atoms with Gasteiger partial charge < -0.3 is 0 Å². The molecule has 5 heteroatoms. The van der Waals surface area contributed by atoms with E-state index < -0.39 is 11.9 Å². The molecule has 0 bridgehead atoms. The quantitative estimate of drug-likeness (QED) is 0.737. The van der Waals surface area contributed by atoms with E-state index in [1.165, 1.54) is 6.07 Å². The zero-order valence-corrected chi connectivity index (χ0v) is 9.26. The molecule has 0 saturated carbocycles. The number of pyridine rings is 1. The molecule has 1 aromatic heterocycles. The second-order valence-corrected chi connectivity index (χ2v) is 3.80. The molecule has 1 aromatic carbocycles. The number of hydrogen-bond donors (Lipinski definition) is 0. The lowest BCUT2D eigenvalue weighted by atomic mass is 10.1. The van der Waals surface area contributed by atoms with E-state index in [2.05, 4.69) is 4.98 Å². The normalized spacial score (nSPS) is 11.5. The van der Waals surface area contributed by atoms with Gasteiger partial charge in [0.1, 0.15) is 5.69 Å². The summed E-state index contributed by atoms with van der Waals surface area (Å²) in [6, 6.07) is 10.6. The molecule has 2 rings (SSSR count). The van der Waals surface area contributed by atoms with Gasteiger partial charge in [-0.25, -0.2) is 4.98 Å². The fraction of sp³-hybridized carbons (Fsp3) is 0.0833. The molecule has 0 radical (unpaired) electrons. The highest BCUT2D eigenvalue weighted by molar-refractivity contribution is 6.33. The molecule has 2 aromatic rings. The molecule has 0 saturated heterocycles. The van der Waals surface area contributed by atoms with Gasteiger partial charge in [0.25, 0.3) is 0 Å². The Morgan fingerprint density at radius 3 is 2.18 bits per heavy atom. The lowest BCUT2D eigenvalue weighted by Crippen LogP contribution is -2.08. The van der Waals surface area contributed by atoms with Crippen molar-refractivity contribution in [2.24, 2.45) is 0 Å². The first-order valence-electron chi connectivity index (χ1n) is 4.77. The molecule has 0 atom stereocenters. The Labute approximate surface area is 101 Å². The molecule has 0 N–H and O–H groups in total. The highest BCUT2D eigenvalue weighted by atomic mass is 35.5. The van der Waals surface area contributed by atoms with Gasteiger partial charge in [-0.15, -0.1) is 0 Å². The van der Waals surface area contributed by atoms with Gasteiger partial charge in [0, 0.05) is 5.56 Å². The lowest BCUT2D eigenvalue weighted by molar-refractivity contribution is -0.141. The van der Waals surface area contributed by atoms with Gasteiger partial charge in [0.05, 0.1) is 10.7 Å². The van der Waals surface area contributed by atoms with Crippen molar-refractivity contribution in [3.05, 3.63) is 53.2 Å². The molecule has 0 aliphatic carbocycles. The number of aromatic nitrogens is 1. The molecule has 88 valence electrons. The minimum Gasteiger partial charge on any atom is -0.242 e. The summed E-state index contributed by atoms with van der Waals surface area (Å²) < 4.78 is 37.5. The predicted molar refractivity (Wildman–Crippen MR) is 59.7 cm³/mol. The third-order valence-electron chi connectivity index (χ3n) is 2.18. The van der Waals surface area contributed by atoms with Gasteiger partial charge in [-0.3, -0.25) is 0 Å². The molecule has 17 heavy (non-hydrogen) atoms. The van der Waals surface area contributed by atoms with Crippen LogP contribution in [0.4, 0.5) is 13.2 Å². The van der Waals surface area contributed by atoms with Gasteiger partial charge in [-0.05, 0) is 12.1 Å². The van der Waals surface area contributed by atoms with Crippen molar-refractivity contribution >= 4 is 11.6 Å². The Kier molecular flexibility index (Phi) is 3.07. The Bertz CT molecular complexity index is 523. The largest absolute Gasteiger partial charge is 0.433 e. The monoisotopic (exact) mass is 257 g/mol. The van der Waals surface area contributed by atoms with Crippen LogP contribution in [0.1, 0.15) is 5.69 Å². The zero-order chi connectivity index (χ0) is 12.5. The van der Waals surface area contributed by atoms with Crippen LogP contribution in [0.15, 0.2) is 42.5 Å². The highest BCUT2D eigenvalue weighted by Crippen LogP contribution is 2.32. The van der Waals surface area contributed by atoms with Crippen molar-refractivity contribution in [1.29, 1.82) is 0 Å². The summed E-state index contributed by atoms with van der Waals surface area (Å²) in [6.45, 7) is 0. The summed E-state index contributed by atoms with van der Waals surface area (Å²) in [7, 11) is 0. The summed E-state index contributed by atoms with van der Waals surface area (Å²) in [5.41, 5.74) is -0.244. The molecule has 0 spiro atoms. The molecular formula is C12H7ClF3N. The van der Waals surface area contributed by atoms with Crippen molar-refractivity contribution in [1.82, 2.24) is 4.98 Å². The van der Waals surface area contributed by atoms with E-state index in [-0.39, 0.29) is 10.7 Å². The summed E-state index contributed by atoms with van der Waals surface area (Å²) >= 11 is 5.85. The third-order valence-corrected chi connectivity index (χ3v) is 2.49. The molecule has 0 aliphatic heterocycles. The summed E-state index contributed by atoms with van der Waals surface area (Å²) in [4.78, 5) is 3.56. The Morgan fingerprint density at radius 2 is 1.59 bits per heavy atom. The number of nitrogens with zero attached hydrogens (tertiary/aromatic N) is 1. The number of rotatable bonds is 1. The number of alkyl halides is 3. The van der Waals surface area contributed by atoms with Gasteiger partial charge >= 0.3 is 6.18 Å². The SMILES string of the molecule is FC(F)(F)c1ccc(Cl)c(-c2ccccc2)n1. The van der Waals surface area contributed by atoms with Crippen LogP contribution in [-0.4, -0.2) is 4.98 Å². The maximum Gasteiger partial charge on any atom is 0.433 e. The van der Waals surface area contributed by atoms with Crippen molar-refractivity contribution in [3.8, 4) is 11.3 Å². The molecule has 0 fully saturated rings. The van der Waals surface area contributed by atoms with Gasteiger partial charge in [0.15, 0.2) is 0 Å². The van der Waals surface area contributed by atoms with E-state index in [0.29, 0.717) is 5.56 Å². The van der Waals surface area contributed by atoms with Crippen molar-refractivity contribution < 1.29 is 13.2 Å². The minimum atomic E-state index is -4.46. The third kappa shape index (κ3) is 2.58.